The molecule has 0 aliphatic rings. The maximum absolute atomic E-state index is 13.2. The summed E-state index contributed by atoms with van der Waals surface area (Å²) >= 11 is 0. The molecule has 1 aromatic rings. The maximum Gasteiger partial charge on any atom is 0.163 e. The first kappa shape index (κ1) is 12.0. The van der Waals surface area contributed by atoms with Crippen molar-refractivity contribution in [3.05, 3.63) is 34.9 Å². The fourth-order valence-corrected chi connectivity index (χ4v) is 1.23. The van der Waals surface area contributed by atoms with Crippen molar-refractivity contribution in [2.75, 3.05) is 6.61 Å². The lowest BCUT2D eigenvalue weighted by Gasteiger charge is -2.13. The van der Waals surface area contributed by atoms with Crippen molar-refractivity contribution in [3.63, 3.8) is 0 Å². The summed E-state index contributed by atoms with van der Waals surface area (Å²) in [6, 6.07) is 0.871. The predicted octanol–water partition coefficient (Wildman–Crippen LogP) is 1.99. The Morgan fingerprint density at radius 3 is 2.47 bits per heavy atom. The van der Waals surface area contributed by atoms with Crippen LogP contribution in [-0.4, -0.2) is 11.7 Å². The van der Waals surface area contributed by atoms with Gasteiger partial charge in [-0.15, -0.1) is 0 Å². The normalized spacial score (nSPS) is 15.1. The number of benzene rings is 1. The molecule has 0 saturated carbocycles. The smallest absolute Gasteiger partial charge is 0.163 e. The average molecular weight is 219 g/mol. The fraction of sp³-hybridized carbons (Fsp3) is 0.400. The minimum absolute atomic E-state index is 0.00722. The van der Waals surface area contributed by atoms with Crippen molar-refractivity contribution in [1.29, 1.82) is 0 Å². The number of nitrogens with two attached hydrogens (primary N) is 1. The Morgan fingerprint density at radius 2 is 2.00 bits per heavy atom. The van der Waals surface area contributed by atoms with E-state index >= 15 is 0 Å². The highest BCUT2D eigenvalue weighted by Gasteiger charge is 2.17. The summed E-state index contributed by atoms with van der Waals surface area (Å²) < 4.78 is 39.1. The molecule has 1 rings (SSSR count). The summed E-state index contributed by atoms with van der Waals surface area (Å²) in [6.45, 7) is 0.682. The molecule has 84 valence electrons. The summed E-state index contributed by atoms with van der Waals surface area (Å²) in [5.74, 6) is -2.29. The number of alkyl halides is 1. The van der Waals surface area contributed by atoms with Gasteiger partial charge in [0, 0.05) is 5.56 Å². The van der Waals surface area contributed by atoms with E-state index in [1.165, 1.54) is 6.92 Å². The highest BCUT2D eigenvalue weighted by Crippen LogP contribution is 2.25. The SMILES string of the molecule is CC(F)c1cc(F)c(F)c(C(N)CO)c1. The monoisotopic (exact) mass is 219 g/mol. The number of hydrogen-bond acceptors (Lipinski definition) is 2. The standard InChI is InChI=1S/C10H12F3NO/c1-5(11)6-2-7(9(14)4-15)10(13)8(12)3-6/h2-3,5,9,15H,4,14H2,1H3. The average Bonchev–Trinajstić information content (AvgIpc) is 2.20. The lowest BCUT2D eigenvalue weighted by Crippen LogP contribution is -2.17. The van der Waals surface area contributed by atoms with Crippen LogP contribution < -0.4 is 5.73 Å². The second-order valence-electron chi connectivity index (χ2n) is 3.31. The van der Waals surface area contributed by atoms with Crippen molar-refractivity contribution < 1.29 is 18.3 Å². The molecule has 2 nitrogen and oxygen atoms in total. The van der Waals surface area contributed by atoms with Crippen LogP contribution in [0.25, 0.3) is 0 Å². The van der Waals surface area contributed by atoms with Crippen LogP contribution in [0.2, 0.25) is 0 Å². The highest BCUT2D eigenvalue weighted by molar-refractivity contribution is 5.30. The Hall–Kier alpha value is -1.07. The van der Waals surface area contributed by atoms with Crippen LogP contribution in [-0.2, 0) is 0 Å². The Labute approximate surface area is 85.5 Å². The van der Waals surface area contributed by atoms with Gasteiger partial charge in [0.05, 0.1) is 12.6 Å². The third kappa shape index (κ3) is 2.49. The minimum Gasteiger partial charge on any atom is -0.394 e. The molecular weight excluding hydrogens is 207 g/mol. The van der Waals surface area contributed by atoms with Gasteiger partial charge in [-0.2, -0.15) is 0 Å². The molecule has 0 saturated heterocycles. The van der Waals surface area contributed by atoms with Gasteiger partial charge in [0.1, 0.15) is 6.17 Å². The maximum atomic E-state index is 13.2. The van der Waals surface area contributed by atoms with Crippen LogP contribution in [0.15, 0.2) is 12.1 Å². The van der Waals surface area contributed by atoms with Gasteiger partial charge in [0.25, 0.3) is 0 Å². The molecule has 0 spiro atoms. The third-order valence-electron chi connectivity index (χ3n) is 2.13. The number of aliphatic hydroxyl groups excluding tert-OH is 1. The van der Waals surface area contributed by atoms with Crippen molar-refractivity contribution in [1.82, 2.24) is 0 Å². The van der Waals surface area contributed by atoms with Crippen molar-refractivity contribution in [2.45, 2.75) is 19.1 Å². The third-order valence-corrected chi connectivity index (χ3v) is 2.13. The second kappa shape index (κ2) is 4.63. The molecular formula is C10H12F3NO. The lowest BCUT2D eigenvalue weighted by molar-refractivity contribution is 0.264. The van der Waals surface area contributed by atoms with E-state index in [0.29, 0.717) is 0 Å². The first-order valence-corrected chi connectivity index (χ1v) is 4.46. The quantitative estimate of drug-likeness (QED) is 0.816. The zero-order valence-electron chi connectivity index (χ0n) is 8.17. The van der Waals surface area contributed by atoms with Crippen LogP contribution in [0.4, 0.5) is 13.2 Å². The van der Waals surface area contributed by atoms with Gasteiger partial charge in [0.15, 0.2) is 11.6 Å². The first-order valence-electron chi connectivity index (χ1n) is 4.46. The van der Waals surface area contributed by atoms with Crippen LogP contribution in [0.1, 0.15) is 30.3 Å². The van der Waals surface area contributed by atoms with E-state index in [4.69, 9.17) is 10.8 Å². The van der Waals surface area contributed by atoms with E-state index in [-0.39, 0.29) is 11.1 Å². The molecule has 0 fully saturated rings. The van der Waals surface area contributed by atoms with Gasteiger partial charge in [-0.05, 0) is 24.6 Å². The number of halogens is 3. The Bertz CT molecular complexity index is 355. The summed E-state index contributed by atoms with van der Waals surface area (Å²) in [5, 5.41) is 8.73. The number of aliphatic hydroxyl groups is 1. The van der Waals surface area contributed by atoms with Crippen molar-refractivity contribution in [3.8, 4) is 0 Å². The highest BCUT2D eigenvalue weighted by atomic mass is 19.2. The van der Waals surface area contributed by atoms with Crippen LogP contribution in [0.3, 0.4) is 0 Å². The largest absolute Gasteiger partial charge is 0.394 e. The van der Waals surface area contributed by atoms with Crippen LogP contribution in [0, 0.1) is 11.6 Å². The molecule has 0 bridgehead atoms. The minimum atomic E-state index is -1.41. The second-order valence-corrected chi connectivity index (χ2v) is 3.31. The zero-order chi connectivity index (χ0) is 11.6. The van der Waals surface area contributed by atoms with Gasteiger partial charge in [-0.3, -0.25) is 0 Å². The molecule has 0 radical (unpaired) electrons. The van der Waals surface area contributed by atoms with Crippen LogP contribution >= 0.6 is 0 Å². The molecule has 0 amide bonds. The molecule has 3 N–H and O–H groups in total. The summed E-state index contributed by atoms with van der Waals surface area (Å²) in [5.41, 5.74) is 5.15. The van der Waals surface area contributed by atoms with Crippen molar-refractivity contribution >= 4 is 0 Å². The summed E-state index contributed by atoms with van der Waals surface area (Å²) in [4.78, 5) is 0. The summed E-state index contributed by atoms with van der Waals surface area (Å²) in [7, 11) is 0. The van der Waals surface area contributed by atoms with E-state index in [1.807, 2.05) is 0 Å². The zero-order valence-corrected chi connectivity index (χ0v) is 8.17. The molecule has 0 aliphatic carbocycles. The lowest BCUT2D eigenvalue weighted by atomic mass is 10.0. The van der Waals surface area contributed by atoms with Gasteiger partial charge >= 0.3 is 0 Å². The number of hydrogen-bond donors (Lipinski definition) is 2. The van der Waals surface area contributed by atoms with E-state index in [1.54, 1.807) is 0 Å². The molecule has 15 heavy (non-hydrogen) atoms. The molecule has 2 atom stereocenters. The van der Waals surface area contributed by atoms with Gasteiger partial charge in [-0.25, -0.2) is 13.2 Å². The Kier molecular flexibility index (Phi) is 3.71. The molecule has 0 aliphatic heterocycles. The first-order chi connectivity index (χ1) is 6.97. The molecule has 5 heteroatoms. The predicted molar refractivity (Wildman–Crippen MR) is 49.9 cm³/mol. The topological polar surface area (TPSA) is 46.2 Å². The summed E-state index contributed by atoms with van der Waals surface area (Å²) in [6.07, 6.45) is -1.41. The molecule has 1 aromatic carbocycles. The molecule has 0 aromatic heterocycles. The van der Waals surface area contributed by atoms with Crippen LogP contribution in [0.5, 0.6) is 0 Å². The van der Waals surface area contributed by atoms with Crippen molar-refractivity contribution in [2.24, 2.45) is 5.73 Å². The van der Waals surface area contributed by atoms with Gasteiger partial charge < -0.3 is 10.8 Å². The molecule has 2 unspecified atom stereocenters. The Balaban J connectivity index is 3.25. The molecule has 0 heterocycles. The van der Waals surface area contributed by atoms with E-state index < -0.39 is 30.5 Å². The fourth-order valence-electron chi connectivity index (χ4n) is 1.23. The Morgan fingerprint density at radius 1 is 1.40 bits per heavy atom. The number of rotatable bonds is 3. The van der Waals surface area contributed by atoms with E-state index in [0.717, 1.165) is 12.1 Å². The van der Waals surface area contributed by atoms with Gasteiger partial charge in [0.2, 0.25) is 0 Å². The van der Waals surface area contributed by atoms with E-state index in [2.05, 4.69) is 0 Å². The van der Waals surface area contributed by atoms with E-state index in [9.17, 15) is 13.2 Å². The van der Waals surface area contributed by atoms with Gasteiger partial charge in [-0.1, -0.05) is 0 Å².